The molecule has 2 rings (SSSR count). The van der Waals surface area contributed by atoms with Gasteiger partial charge in [0.05, 0.1) is 0 Å². The highest BCUT2D eigenvalue weighted by atomic mass is 32.2. The molecule has 0 aliphatic rings. The maximum Gasteiger partial charge on any atom is 0.245 e. The van der Waals surface area contributed by atoms with Crippen molar-refractivity contribution in [3.05, 3.63) is 54.1 Å². The quantitative estimate of drug-likeness (QED) is 0.852. The van der Waals surface area contributed by atoms with Crippen LogP contribution in [0.2, 0.25) is 0 Å². The number of pyridine rings is 1. The van der Waals surface area contributed by atoms with E-state index in [-0.39, 0.29) is 12.2 Å². The third-order valence-electron chi connectivity index (χ3n) is 3.11. The Morgan fingerprint density at radius 1 is 1.24 bits per heavy atom. The molecule has 0 unspecified atom stereocenters. The van der Waals surface area contributed by atoms with Crippen LogP contribution in [0.5, 0.6) is 0 Å². The Morgan fingerprint density at radius 2 is 1.90 bits per heavy atom. The summed E-state index contributed by atoms with van der Waals surface area (Å²) < 4.78 is 39.5. The molecule has 2 N–H and O–H groups in total. The van der Waals surface area contributed by atoms with Gasteiger partial charge in [-0.05, 0) is 42.3 Å². The van der Waals surface area contributed by atoms with E-state index in [4.69, 9.17) is 5.73 Å². The monoisotopic (exact) mass is 309 g/mol. The summed E-state index contributed by atoms with van der Waals surface area (Å²) in [7, 11) is -2.48. The number of rotatable bonds is 5. The van der Waals surface area contributed by atoms with Gasteiger partial charge in [-0.3, -0.25) is 4.98 Å². The lowest BCUT2D eigenvalue weighted by atomic mass is 10.2. The molecule has 0 bridgehead atoms. The van der Waals surface area contributed by atoms with E-state index in [1.807, 2.05) is 12.1 Å². The molecule has 1 aromatic heterocycles. The fraction of sp³-hybridized carbons (Fsp3) is 0.214. The average molecular weight is 309 g/mol. The van der Waals surface area contributed by atoms with Crippen LogP contribution in [0.3, 0.4) is 0 Å². The molecule has 0 atom stereocenters. The molecule has 0 saturated heterocycles. The number of aromatic nitrogens is 1. The molecule has 0 fully saturated rings. The highest BCUT2D eigenvalue weighted by Gasteiger charge is 2.24. The summed E-state index contributed by atoms with van der Waals surface area (Å²) in [5.74, 6) is -0.806. The summed E-state index contributed by atoms with van der Waals surface area (Å²) in [5.41, 5.74) is 6.70. The smallest absolute Gasteiger partial charge is 0.245 e. The van der Waals surface area contributed by atoms with E-state index in [2.05, 4.69) is 4.98 Å². The van der Waals surface area contributed by atoms with Crippen LogP contribution in [0.4, 0.5) is 10.1 Å². The lowest BCUT2D eigenvalue weighted by Crippen LogP contribution is -2.29. The summed E-state index contributed by atoms with van der Waals surface area (Å²) in [6.07, 6.45) is 3.80. The Morgan fingerprint density at radius 3 is 2.57 bits per heavy atom. The summed E-state index contributed by atoms with van der Waals surface area (Å²) in [6, 6.07) is 7.13. The van der Waals surface area contributed by atoms with Crippen LogP contribution in [0.15, 0.2) is 47.6 Å². The van der Waals surface area contributed by atoms with Gasteiger partial charge in [0.2, 0.25) is 10.0 Å². The van der Waals surface area contributed by atoms with Crippen LogP contribution in [-0.4, -0.2) is 31.3 Å². The van der Waals surface area contributed by atoms with Crippen molar-refractivity contribution < 1.29 is 12.8 Å². The Hall–Kier alpha value is -1.99. The number of nitrogens with two attached hydrogens (primary N) is 1. The van der Waals surface area contributed by atoms with Gasteiger partial charge in [-0.2, -0.15) is 0 Å². The molecule has 7 heteroatoms. The molecule has 0 aliphatic heterocycles. The van der Waals surface area contributed by atoms with Crippen LogP contribution in [0.25, 0.3) is 0 Å². The van der Waals surface area contributed by atoms with Crippen LogP contribution >= 0.6 is 0 Å². The van der Waals surface area contributed by atoms with Crippen molar-refractivity contribution in [2.75, 3.05) is 19.3 Å². The Bertz CT molecular complexity index is 720. The first-order valence-electron chi connectivity index (χ1n) is 6.31. The van der Waals surface area contributed by atoms with Crippen molar-refractivity contribution in [3.63, 3.8) is 0 Å². The van der Waals surface area contributed by atoms with Crippen LogP contribution in [0, 0.1) is 5.82 Å². The maximum absolute atomic E-state index is 13.7. The minimum Gasteiger partial charge on any atom is -0.399 e. The SMILES string of the molecule is CN(CCc1ccncc1)S(=O)(=O)c1cc(N)ccc1F. The number of hydrogen-bond donors (Lipinski definition) is 1. The predicted molar refractivity (Wildman–Crippen MR) is 78.6 cm³/mol. The average Bonchev–Trinajstić information content (AvgIpc) is 2.48. The van der Waals surface area contributed by atoms with Crippen LogP contribution in [0.1, 0.15) is 5.56 Å². The highest BCUT2D eigenvalue weighted by Crippen LogP contribution is 2.21. The van der Waals surface area contributed by atoms with Gasteiger partial charge in [0.1, 0.15) is 10.7 Å². The van der Waals surface area contributed by atoms with E-state index < -0.39 is 20.7 Å². The number of likely N-dealkylation sites (N-methyl/N-ethyl adjacent to an activating group) is 1. The third-order valence-corrected chi connectivity index (χ3v) is 4.98. The molecule has 1 aromatic carbocycles. The fourth-order valence-corrected chi connectivity index (χ4v) is 3.11. The molecular formula is C14H16FN3O2S. The number of sulfonamides is 1. The summed E-state index contributed by atoms with van der Waals surface area (Å²) in [6.45, 7) is 0.237. The summed E-state index contributed by atoms with van der Waals surface area (Å²) >= 11 is 0. The predicted octanol–water partition coefficient (Wildman–Crippen LogP) is 1.67. The molecule has 0 amide bonds. The second kappa shape index (κ2) is 6.19. The van der Waals surface area contributed by atoms with E-state index >= 15 is 0 Å². The van der Waals surface area contributed by atoms with E-state index in [0.717, 1.165) is 22.0 Å². The normalized spacial score (nSPS) is 11.8. The van der Waals surface area contributed by atoms with Crippen molar-refractivity contribution in [2.24, 2.45) is 0 Å². The highest BCUT2D eigenvalue weighted by molar-refractivity contribution is 7.89. The number of nitrogens with zero attached hydrogens (tertiary/aromatic N) is 2. The summed E-state index contributed by atoms with van der Waals surface area (Å²) in [5, 5.41) is 0. The lowest BCUT2D eigenvalue weighted by Gasteiger charge is -2.17. The molecule has 2 aromatic rings. The van der Waals surface area contributed by atoms with Crippen molar-refractivity contribution >= 4 is 15.7 Å². The van der Waals surface area contributed by atoms with Gasteiger partial charge < -0.3 is 5.73 Å². The summed E-state index contributed by atoms with van der Waals surface area (Å²) in [4.78, 5) is 3.49. The third kappa shape index (κ3) is 3.56. The van der Waals surface area contributed by atoms with Gasteiger partial charge >= 0.3 is 0 Å². The van der Waals surface area contributed by atoms with Crippen LogP contribution < -0.4 is 5.73 Å². The zero-order chi connectivity index (χ0) is 15.5. The standard InChI is InChI=1S/C14H16FN3O2S/c1-18(9-6-11-4-7-17-8-5-11)21(19,20)14-10-12(16)2-3-13(14)15/h2-5,7-8,10H,6,9,16H2,1H3. The number of hydrogen-bond acceptors (Lipinski definition) is 4. The van der Waals surface area contributed by atoms with Gasteiger partial charge in [0.25, 0.3) is 0 Å². The molecule has 0 spiro atoms. The molecule has 1 heterocycles. The topological polar surface area (TPSA) is 76.3 Å². The first-order valence-corrected chi connectivity index (χ1v) is 7.75. The Balaban J connectivity index is 2.17. The van der Waals surface area contributed by atoms with Gasteiger partial charge in [-0.25, -0.2) is 17.1 Å². The van der Waals surface area contributed by atoms with E-state index in [0.29, 0.717) is 6.42 Å². The van der Waals surface area contributed by atoms with Gasteiger partial charge in [0, 0.05) is 31.7 Å². The largest absolute Gasteiger partial charge is 0.399 e. The molecule has 112 valence electrons. The molecular weight excluding hydrogens is 293 g/mol. The molecule has 0 aliphatic carbocycles. The Labute approximate surface area is 123 Å². The van der Waals surface area contributed by atoms with E-state index in [9.17, 15) is 12.8 Å². The van der Waals surface area contributed by atoms with E-state index in [1.165, 1.54) is 13.1 Å². The second-order valence-corrected chi connectivity index (χ2v) is 6.64. The maximum atomic E-state index is 13.7. The molecule has 5 nitrogen and oxygen atoms in total. The first-order chi connectivity index (χ1) is 9.91. The van der Waals surface area contributed by atoms with Crippen LogP contribution in [-0.2, 0) is 16.4 Å². The lowest BCUT2D eigenvalue weighted by molar-refractivity contribution is 0.465. The minimum absolute atomic E-state index is 0.206. The minimum atomic E-state index is -3.90. The van der Waals surface area contributed by atoms with Crippen molar-refractivity contribution in [2.45, 2.75) is 11.3 Å². The number of nitrogen functional groups attached to an aromatic ring is 1. The number of halogens is 1. The number of benzene rings is 1. The second-order valence-electron chi connectivity index (χ2n) is 4.62. The fourth-order valence-electron chi connectivity index (χ4n) is 1.84. The van der Waals surface area contributed by atoms with Crippen molar-refractivity contribution in [1.82, 2.24) is 9.29 Å². The van der Waals surface area contributed by atoms with Gasteiger partial charge in [0.15, 0.2) is 0 Å². The van der Waals surface area contributed by atoms with Gasteiger partial charge in [-0.1, -0.05) is 0 Å². The van der Waals surface area contributed by atoms with Gasteiger partial charge in [-0.15, -0.1) is 0 Å². The van der Waals surface area contributed by atoms with E-state index in [1.54, 1.807) is 12.4 Å². The van der Waals surface area contributed by atoms with Crippen molar-refractivity contribution in [3.8, 4) is 0 Å². The Kier molecular flexibility index (Phi) is 4.54. The zero-order valence-corrected chi connectivity index (χ0v) is 12.3. The zero-order valence-electron chi connectivity index (χ0n) is 11.5. The first kappa shape index (κ1) is 15.4. The molecule has 21 heavy (non-hydrogen) atoms. The molecule has 0 saturated carbocycles. The molecule has 0 radical (unpaired) electrons. The van der Waals surface area contributed by atoms with Crippen molar-refractivity contribution in [1.29, 1.82) is 0 Å². The number of anilines is 1.